The maximum atomic E-state index is 5.79. The summed E-state index contributed by atoms with van der Waals surface area (Å²) in [6.45, 7) is 3.92. The summed E-state index contributed by atoms with van der Waals surface area (Å²) < 4.78 is 1.99. The molecule has 0 unspecified atom stereocenters. The topological polar surface area (TPSA) is 69.6 Å². The zero-order valence-electron chi connectivity index (χ0n) is 8.52. The van der Waals surface area contributed by atoms with E-state index in [0.29, 0.717) is 23.0 Å². The molecule has 0 amide bonds. The lowest BCUT2D eigenvalue weighted by Gasteiger charge is -2.29. The summed E-state index contributed by atoms with van der Waals surface area (Å²) >= 11 is 5.79. The molecule has 16 heavy (non-hydrogen) atoms. The molecular weight excluding hydrogens is 226 g/mol. The molecule has 1 aliphatic rings. The van der Waals surface area contributed by atoms with E-state index in [-0.39, 0.29) is 5.28 Å². The summed E-state index contributed by atoms with van der Waals surface area (Å²) in [5.74, 6) is 0.326. The van der Waals surface area contributed by atoms with Gasteiger partial charge in [-0.15, -0.1) is 0 Å². The third kappa shape index (κ3) is 1.28. The summed E-state index contributed by atoms with van der Waals surface area (Å²) in [5, 5.41) is 0.157. The number of halogens is 1. The molecule has 0 aliphatic heterocycles. The van der Waals surface area contributed by atoms with E-state index >= 15 is 0 Å². The van der Waals surface area contributed by atoms with Crippen LogP contribution in [0.15, 0.2) is 18.5 Å². The summed E-state index contributed by atoms with van der Waals surface area (Å²) in [4.78, 5) is 12.3. The average molecular weight is 236 g/mol. The fourth-order valence-electron chi connectivity index (χ4n) is 1.98. The average Bonchev–Trinajstić information content (AvgIpc) is 2.56. The molecule has 6 heteroatoms. The molecule has 2 heterocycles. The molecule has 82 valence electrons. The number of fused-ring (bicyclic) bond motifs is 1. The molecule has 0 aromatic carbocycles. The van der Waals surface area contributed by atoms with Crippen LogP contribution in [0, 0.1) is 0 Å². The third-order valence-corrected chi connectivity index (χ3v) is 3.03. The maximum Gasteiger partial charge on any atom is 0.226 e. The van der Waals surface area contributed by atoms with Crippen LogP contribution in [0.5, 0.6) is 0 Å². The van der Waals surface area contributed by atoms with Gasteiger partial charge in [-0.25, -0.2) is 4.98 Å². The van der Waals surface area contributed by atoms with Crippen molar-refractivity contribution in [3.8, 4) is 0 Å². The van der Waals surface area contributed by atoms with Gasteiger partial charge >= 0.3 is 0 Å². The first-order valence-corrected chi connectivity index (χ1v) is 5.35. The van der Waals surface area contributed by atoms with Gasteiger partial charge in [0.25, 0.3) is 0 Å². The largest absolute Gasteiger partial charge is 0.382 e. The van der Waals surface area contributed by atoms with Gasteiger partial charge in [-0.1, -0.05) is 12.2 Å². The molecular formula is C10H10ClN5. The van der Waals surface area contributed by atoms with E-state index in [2.05, 4.69) is 21.5 Å². The van der Waals surface area contributed by atoms with Crippen LogP contribution in [0.3, 0.4) is 0 Å². The highest BCUT2D eigenvalue weighted by Gasteiger charge is 2.25. The summed E-state index contributed by atoms with van der Waals surface area (Å²) in [7, 11) is 0. The Hall–Kier alpha value is -1.62. The molecule has 1 fully saturated rings. The fourth-order valence-corrected chi connectivity index (χ4v) is 2.15. The van der Waals surface area contributed by atoms with Gasteiger partial charge in [-0.3, -0.25) is 0 Å². The van der Waals surface area contributed by atoms with Crippen molar-refractivity contribution < 1.29 is 0 Å². The van der Waals surface area contributed by atoms with Crippen LogP contribution >= 0.6 is 11.6 Å². The van der Waals surface area contributed by atoms with Crippen molar-refractivity contribution in [2.45, 2.75) is 18.9 Å². The predicted molar refractivity (Wildman–Crippen MR) is 62.2 cm³/mol. The Bertz CT molecular complexity index is 580. The molecule has 5 nitrogen and oxygen atoms in total. The van der Waals surface area contributed by atoms with Crippen LogP contribution in [-0.2, 0) is 0 Å². The number of nitrogen functional groups attached to an aromatic ring is 1. The zero-order chi connectivity index (χ0) is 11.3. The number of nitrogens with two attached hydrogens (primary N) is 1. The van der Waals surface area contributed by atoms with E-state index in [1.807, 2.05) is 4.57 Å². The quantitative estimate of drug-likeness (QED) is 0.606. The van der Waals surface area contributed by atoms with Crippen molar-refractivity contribution in [1.29, 1.82) is 0 Å². The number of allylic oxidation sites excluding steroid dienone is 1. The number of nitrogens with zero attached hydrogens (tertiary/aromatic N) is 4. The van der Waals surface area contributed by atoms with Gasteiger partial charge < -0.3 is 10.3 Å². The smallest absolute Gasteiger partial charge is 0.226 e. The molecule has 0 bridgehead atoms. The van der Waals surface area contributed by atoms with Crippen LogP contribution in [0.4, 0.5) is 5.82 Å². The van der Waals surface area contributed by atoms with Gasteiger partial charge in [-0.05, 0) is 24.4 Å². The highest BCUT2D eigenvalue weighted by molar-refractivity contribution is 6.28. The zero-order valence-corrected chi connectivity index (χ0v) is 9.28. The Kier molecular flexibility index (Phi) is 1.91. The Morgan fingerprint density at radius 3 is 2.88 bits per heavy atom. The Morgan fingerprint density at radius 1 is 1.44 bits per heavy atom. The number of rotatable bonds is 1. The maximum absolute atomic E-state index is 5.79. The van der Waals surface area contributed by atoms with E-state index < -0.39 is 0 Å². The highest BCUT2D eigenvalue weighted by atomic mass is 35.5. The molecule has 0 atom stereocenters. The number of aromatic nitrogens is 4. The van der Waals surface area contributed by atoms with Crippen molar-refractivity contribution in [2.24, 2.45) is 0 Å². The second-order valence-electron chi connectivity index (χ2n) is 4.01. The predicted octanol–water partition coefficient (Wildman–Crippen LogP) is 1.95. The van der Waals surface area contributed by atoms with E-state index in [1.165, 1.54) is 5.57 Å². The Labute approximate surface area is 97.0 Å². The van der Waals surface area contributed by atoms with Crippen molar-refractivity contribution >= 4 is 28.6 Å². The monoisotopic (exact) mass is 235 g/mol. The van der Waals surface area contributed by atoms with Gasteiger partial charge in [0.1, 0.15) is 5.52 Å². The molecule has 1 saturated carbocycles. The van der Waals surface area contributed by atoms with E-state index in [1.54, 1.807) is 6.33 Å². The normalized spacial score (nSPS) is 16.7. The van der Waals surface area contributed by atoms with Gasteiger partial charge in [0.15, 0.2) is 11.5 Å². The number of anilines is 1. The first kappa shape index (κ1) is 9.59. The molecule has 2 N–H and O–H groups in total. The minimum Gasteiger partial charge on any atom is -0.382 e. The highest BCUT2D eigenvalue weighted by Crippen LogP contribution is 2.37. The van der Waals surface area contributed by atoms with Crippen molar-refractivity contribution in [3.63, 3.8) is 0 Å². The summed E-state index contributed by atoms with van der Waals surface area (Å²) in [6.07, 6.45) is 3.67. The van der Waals surface area contributed by atoms with E-state index in [0.717, 1.165) is 12.8 Å². The standard InChI is InChI=1S/C10H10ClN5/c1-5-2-6(3-5)16-4-13-7-8(12)14-10(11)15-9(7)16/h4,6H,1-3H2,(H2,12,14,15). The van der Waals surface area contributed by atoms with Crippen molar-refractivity contribution in [3.05, 3.63) is 23.8 Å². The van der Waals surface area contributed by atoms with Crippen LogP contribution in [-0.4, -0.2) is 19.5 Å². The first-order valence-electron chi connectivity index (χ1n) is 4.97. The van der Waals surface area contributed by atoms with E-state index in [4.69, 9.17) is 17.3 Å². The van der Waals surface area contributed by atoms with Gasteiger partial charge in [-0.2, -0.15) is 9.97 Å². The molecule has 1 aliphatic carbocycles. The SMILES string of the molecule is C=C1CC(n2cnc3c(N)nc(Cl)nc32)C1. The van der Waals surface area contributed by atoms with Crippen molar-refractivity contribution in [1.82, 2.24) is 19.5 Å². The first-order chi connectivity index (χ1) is 7.65. The van der Waals surface area contributed by atoms with Crippen molar-refractivity contribution in [2.75, 3.05) is 5.73 Å². The lowest BCUT2D eigenvalue weighted by molar-refractivity contribution is 0.415. The summed E-state index contributed by atoms with van der Waals surface area (Å²) in [5.41, 5.74) is 8.29. The van der Waals surface area contributed by atoms with Crippen LogP contribution in [0.1, 0.15) is 18.9 Å². The minimum absolute atomic E-state index is 0.157. The molecule has 0 saturated heterocycles. The lowest BCUT2D eigenvalue weighted by atomic mass is 9.88. The molecule has 0 spiro atoms. The van der Waals surface area contributed by atoms with E-state index in [9.17, 15) is 0 Å². The van der Waals surface area contributed by atoms with Crippen LogP contribution in [0.25, 0.3) is 11.2 Å². The number of hydrogen-bond donors (Lipinski definition) is 1. The van der Waals surface area contributed by atoms with Gasteiger partial charge in [0.05, 0.1) is 6.33 Å². The van der Waals surface area contributed by atoms with Crippen LogP contribution in [0.2, 0.25) is 5.28 Å². The minimum atomic E-state index is 0.157. The molecule has 3 rings (SSSR count). The molecule has 0 radical (unpaired) electrons. The second kappa shape index (κ2) is 3.18. The molecule has 2 aromatic heterocycles. The Balaban J connectivity index is 2.16. The second-order valence-corrected chi connectivity index (χ2v) is 4.35. The third-order valence-electron chi connectivity index (χ3n) is 2.86. The Morgan fingerprint density at radius 2 is 2.19 bits per heavy atom. The molecule has 2 aromatic rings. The fraction of sp³-hybridized carbons (Fsp3) is 0.300. The summed E-state index contributed by atoms with van der Waals surface area (Å²) in [6, 6.07) is 0.378. The van der Waals surface area contributed by atoms with Gasteiger partial charge in [0.2, 0.25) is 5.28 Å². The number of hydrogen-bond acceptors (Lipinski definition) is 4. The lowest BCUT2D eigenvalue weighted by Crippen LogP contribution is -2.18. The number of imidazole rings is 1. The van der Waals surface area contributed by atoms with Crippen LogP contribution < -0.4 is 5.73 Å². The van der Waals surface area contributed by atoms with Gasteiger partial charge in [0, 0.05) is 6.04 Å².